The summed E-state index contributed by atoms with van der Waals surface area (Å²) in [5, 5.41) is 10.0. The van der Waals surface area contributed by atoms with E-state index < -0.39 is 0 Å². The maximum absolute atomic E-state index is 10.0. The number of hydrogen-bond donors (Lipinski definition) is 1. The molecule has 116 valence electrons. The number of benzene rings is 2. The van der Waals surface area contributed by atoms with Gasteiger partial charge < -0.3 is 10.0 Å². The first-order valence-electron chi connectivity index (χ1n) is 8.03. The van der Waals surface area contributed by atoms with Gasteiger partial charge in [-0.15, -0.1) is 0 Å². The number of aromatic hydroxyl groups is 1. The molecule has 1 atom stereocenters. The zero-order valence-electron chi connectivity index (χ0n) is 13.4. The molecule has 0 amide bonds. The molecule has 1 unspecified atom stereocenters. The van der Waals surface area contributed by atoms with E-state index in [2.05, 4.69) is 47.9 Å². The van der Waals surface area contributed by atoms with E-state index in [0.29, 0.717) is 11.9 Å². The lowest BCUT2D eigenvalue weighted by Crippen LogP contribution is -2.38. The third kappa shape index (κ3) is 2.95. The van der Waals surface area contributed by atoms with Gasteiger partial charge in [0.1, 0.15) is 5.75 Å². The topological polar surface area (TPSA) is 26.7 Å². The Balaban J connectivity index is 1.77. The summed E-state index contributed by atoms with van der Waals surface area (Å²) in [4.78, 5) is 4.92. The number of phenolic OH excluding ortho intramolecular Hbond substituents is 1. The molecule has 22 heavy (non-hydrogen) atoms. The van der Waals surface area contributed by atoms with Crippen molar-refractivity contribution in [3.8, 4) is 5.75 Å². The van der Waals surface area contributed by atoms with Crippen molar-refractivity contribution in [2.24, 2.45) is 0 Å². The van der Waals surface area contributed by atoms with Crippen molar-refractivity contribution in [2.45, 2.75) is 33.0 Å². The molecule has 0 bridgehead atoms. The molecular weight excluding hydrogens is 272 g/mol. The van der Waals surface area contributed by atoms with Crippen LogP contribution in [0.5, 0.6) is 5.75 Å². The Morgan fingerprint density at radius 3 is 2.45 bits per heavy atom. The van der Waals surface area contributed by atoms with Crippen LogP contribution in [0, 0.1) is 6.92 Å². The van der Waals surface area contributed by atoms with Gasteiger partial charge in [-0.3, -0.25) is 4.90 Å². The second kappa shape index (κ2) is 6.41. The highest BCUT2D eigenvalue weighted by molar-refractivity contribution is 5.49. The highest BCUT2D eigenvalue weighted by Crippen LogP contribution is 2.28. The van der Waals surface area contributed by atoms with Gasteiger partial charge in [0.2, 0.25) is 0 Å². The lowest BCUT2D eigenvalue weighted by molar-refractivity contribution is 0.238. The number of rotatable bonds is 4. The molecule has 0 spiro atoms. The quantitative estimate of drug-likeness (QED) is 0.930. The van der Waals surface area contributed by atoms with Crippen LogP contribution >= 0.6 is 0 Å². The summed E-state index contributed by atoms with van der Waals surface area (Å²) >= 11 is 0. The minimum Gasteiger partial charge on any atom is -0.508 e. The highest BCUT2D eigenvalue weighted by atomic mass is 16.3. The summed E-state index contributed by atoms with van der Waals surface area (Å²) in [7, 11) is 0. The Morgan fingerprint density at radius 1 is 1.05 bits per heavy atom. The maximum Gasteiger partial charge on any atom is 0.120 e. The van der Waals surface area contributed by atoms with Crippen LogP contribution in [0.3, 0.4) is 0 Å². The molecule has 3 rings (SSSR count). The normalized spacial score (nSPS) is 18.8. The van der Waals surface area contributed by atoms with Crippen LogP contribution in [0.25, 0.3) is 0 Å². The van der Waals surface area contributed by atoms with Crippen LogP contribution in [0.1, 0.15) is 24.5 Å². The lowest BCUT2D eigenvalue weighted by Gasteiger charge is -2.31. The number of anilines is 1. The van der Waals surface area contributed by atoms with Crippen molar-refractivity contribution in [1.82, 2.24) is 4.90 Å². The Morgan fingerprint density at radius 2 is 1.77 bits per heavy atom. The van der Waals surface area contributed by atoms with E-state index in [0.717, 1.165) is 31.6 Å². The van der Waals surface area contributed by atoms with Gasteiger partial charge in [-0.1, -0.05) is 42.8 Å². The average molecular weight is 296 g/mol. The van der Waals surface area contributed by atoms with E-state index in [1.54, 1.807) is 6.07 Å². The fourth-order valence-corrected chi connectivity index (χ4v) is 3.30. The molecule has 1 aliphatic heterocycles. The lowest BCUT2D eigenvalue weighted by atomic mass is 10.1. The molecule has 1 heterocycles. The van der Waals surface area contributed by atoms with E-state index in [1.807, 2.05) is 18.2 Å². The van der Waals surface area contributed by atoms with Crippen molar-refractivity contribution in [1.29, 1.82) is 0 Å². The Kier molecular flexibility index (Phi) is 4.34. The zero-order chi connectivity index (χ0) is 15.5. The standard InChI is InChI=1S/C19H24N2O/c1-3-19-20(14-16-6-4-5-7-18(16)22)12-13-21(19)17-10-8-15(2)9-11-17/h4-11,19,22H,3,12-14H2,1-2H3. The van der Waals surface area contributed by atoms with E-state index >= 15 is 0 Å². The number of nitrogens with zero attached hydrogens (tertiary/aromatic N) is 2. The first-order chi connectivity index (χ1) is 10.7. The molecule has 3 nitrogen and oxygen atoms in total. The first-order valence-corrected chi connectivity index (χ1v) is 8.03. The third-order valence-corrected chi connectivity index (χ3v) is 4.51. The van der Waals surface area contributed by atoms with Crippen molar-refractivity contribution in [3.05, 3.63) is 59.7 Å². The summed E-state index contributed by atoms with van der Waals surface area (Å²) < 4.78 is 0. The van der Waals surface area contributed by atoms with Gasteiger partial charge in [0.15, 0.2) is 0 Å². The van der Waals surface area contributed by atoms with E-state index in [4.69, 9.17) is 0 Å². The fraction of sp³-hybridized carbons (Fsp3) is 0.368. The van der Waals surface area contributed by atoms with Crippen molar-refractivity contribution in [3.63, 3.8) is 0 Å². The smallest absolute Gasteiger partial charge is 0.120 e. The van der Waals surface area contributed by atoms with E-state index in [-0.39, 0.29) is 0 Å². The van der Waals surface area contributed by atoms with Crippen molar-refractivity contribution in [2.75, 3.05) is 18.0 Å². The Bertz CT molecular complexity index is 624. The first kappa shape index (κ1) is 14.9. The van der Waals surface area contributed by atoms with Crippen LogP contribution in [-0.2, 0) is 6.54 Å². The molecule has 2 aromatic carbocycles. The van der Waals surface area contributed by atoms with E-state index in [9.17, 15) is 5.11 Å². The summed E-state index contributed by atoms with van der Waals surface area (Å²) in [6, 6.07) is 16.4. The largest absolute Gasteiger partial charge is 0.508 e. The Labute approximate surface area is 132 Å². The number of hydrogen-bond acceptors (Lipinski definition) is 3. The second-order valence-corrected chi connectivity index (χ2v) is 6.02. The molecule has 0 aliphatic carbocycles. The third-order valence-electron chi connectivity index (χ3n) is 4.51. The molecule has 3 heteroatoms. The summed E-state index contributed by atoms with van der Waals surface area (Å²) in [6.45, 7) is 7.22. The number of phenols is 1. The average Bonchev–Trinajstić information content (AvgIpc) is 2.93. The molecule has 1 saturated heterocycles. The maximum atomic E-state index is 10.0. The molecule has 0 saturated carbocycles. The zero-order valence-corrected chi connectivity index (χ0v) is 13.4. The van der Waals surface area contributed by atoms with Crippen LogP contribution in [0.4, 0.5) is 5.69 Å². The van der Waals surface area contributed by atoms with E-state index in [1.165, 1.54) is 11.3 Å². The van der Waals surface area contributed by atoms with Gasteiger partial charge in [-0.2, -0.15) is 0 Å². The number of para-hydroxylation sites is 1. The van der Waals surface area contributed by atoms with Gasteiger partial charge in [-0.05, 0) is 31.5 Å². The molecule has 1 fully saturated rings. The van der Waals surface area contributed by atoms with Gasteiger partial charge >= 0.3 is 0 Å². The van der Waals surface area contributed by atoms with Crippen LogP contribution in [-0.4, -0.2) is 29.3 Å². The van der Waals surface area contributed by atoms with Gasteiger partial charge in [0.25, 0.3) is 0 Å². The molecule has 2 aromatic rings. The molecule has 0 radical (unpaired) electrons. The van der Waals surface area contributed by atoms with Crippen molar-refractivity contribution < 1.29 is 5.11 Å². The summed E-state index contributed by atoms with van der Waals surface area (Å²) in [5.41, 5.74) is 3.59. The van der Waals surface area contributed by atoms with Crippen LogP contribution < -0.4 is 4.90 Å². The fourth-order valence-electron chi connectivity index (χ4n) is 3.30. The van der Waals surface area contributed by atoms with Crippen LogP contribution in [0.15, 0.2) is 48.5 Å². The molecule has 1 aliphatic rings. The van der Waals surface area contributed by atoms with Gasteiger partial charge in [0, 0.05) is 30.9 Å². The minimum absolute atomic E-state index is 0.391. The summed E-state index contributed by atoms with van der Waals surface area (Å²) in [6.07, 6.45) is 1.46. The summed E-state index contributed by atoms with van der Waals surface area (Å²) in [5.74, 6) is 0.395. The predicted molar refractivity (Wildman–Crippen MR) is 91.1 cm³/mol. The predicted octanol–water partition coefficient (Wildman–Crippen LogP) is 3.76. The van der Waals surface area contributed by atoms with Crippen LogP contribution in [0.2, 0.25) is 0 Å². The number of aryl methyl sites for hydroxylation is 1. The molecular formula is C19H24N2O. The molecule has 1 N–H and O–H groups in total. The second-order valence-electron chi connectivity index (χ2n) is 6.02. The Hall–Kier alpha value is -2.00. The monoisotopic (exact) mass is 296 g/mol. The van der Waals surface area contributed by atoms with Crippen molar-refractivity contribution >= 4 is 5.69 Å². The minimum atomic E-state index is 0.391. The highest BCUT2D eigenvalue weighted by Gasteiger charge is 2.30. The molecule has 0 aromatic heterocycles. The van der Waals surface area contributed by atoms with Gasteiger partial charge in [0.05, 0.1) is 6.17 Å². The van der Waals surface area contributed by atoms with Gasteiger partial charge in [-0.25, -0.2) is 0 Å². The SMILES string of the molecule is CCC1N(Cc2ccccc2O)CCN1c1ccc(C)cc1.